The number of carbonyl (C=O) groups excluding carboxylic acids is 1. The van der Waals surface area contributed by atoms with Gasteiger partial charge >= 0.3 is 0 Å². The molecule has 1 aliphatic heterocycles. The lowest BCUT2D eigenvalue weighted by atomic mass is 10.1. The van der Waals surface area contributed by atoms with E-state index in [9.17, 15) is 4.79 Å². The second-order valence-corrected chi connectivity index (χ2v) is 4.74. The van der Waals surface area contributed by atoms with Crippen LogP contribution in [0.3, 0.4) is 0 Å². The van der Waals surface area contributed by atoms with Crippen LogP contribution < -0.4 is 10.6 Å². The third-order valence-corrected chi connectivity index (χ3v) is 2.91. The van der Waals surface area contributed by atoms with Gasteiger partial charge in [0.25, 0.3) is 0 Å². The van der Waals surface area contributed by atoms with Gasteiger partial charge in [0.05, 0.1) is 6.10 Å². The van der Waals surface area contributed by atoms with E-state index in [4.69, 9.17) is 4.74 Å². The minimum atomic E-state index is -0.222. The lowest BCUT2D eigenvalue weighted by Gasteiger charge is -2.12. The summed E-state index contributed by atoms with van der Waals surface area (Å²) < 4.78 is 5.46. The molecular weight excluding hydrogens is 228 g/mol. The largest absolute Gasteiger partial charge is 0.379 e. The van der Waals surface area contributed by atoms with Crippen LogP contribution in [0.25, 0.3) is 0 Å². The monoisotopic (exact) mass is 248 g/mol. The molecule has 2 rings (SSSR count). The molecule has 0 fully saturated rings. The van der Waals surface area contributed by atoms with E-state index in [-0.39, 0.29) is 18.1 Å². The number of para-hydroxylation sites is 1. The van der Waals surface area contributed by atoms with E-state index in [0.717, 1.165) is 30.8 Å². The fourth-order valence-electron chi connectivity index (χ4n) is 2.05. The summed E-state index contributed by atoms with van der Waals surface area (Å²) in [6, 6.07) is 7.57. The highest BCUT2D eigenvalue weighted by molar-refractivity contribution is 6.02. The molecule has 1 heterocycles. The molecule has 0 saturated carbocycles. The average molecular weight is 248 g/mol. The van der Waals surface area contributed by atoms with Gasteiger partial charge in [0, 0.05) is 17.9 Å². The van der Waals surface area contributed by atoms with Gasteiger partial charge in [-0.2, -0.15) is 0 Å². The minimum Gasteiger partial charge on any atom is -0.379 e. The predicted molar refractivity (Wildman–Crippen MR) is 71.5 cm³/mol. The number of anilines is 1. The third-order valence-electron chi connectivity index (χ3n) is 2.91. The standard InChI is InChI=1S/C14H20N2O2/c1-10(2)18-9-5-8-15-13-11-6-3-4-7-12(11)16-14(13)17/h3-4,6-7,10,13,15H,5,8-9H2,1-2H3,(H,16,17). The molecule has 2 N–H and O–H groups in total. The molecule has 0 bridgehead atoms. The number of nitrogens with one attached hydrogen (secondary N) is 2. The van der Waals surface area contributed by atoms with Crippen molar-refractivity contribution in [3.63, 3.8) is 0 Å². The first-order chi connectivity index (χ1) is 8.68. The molecule has 1 aromatic rings. The normalized spacial score (nSPS) is 17.9. The van der Waals surface area contributed by atoms with Gasteiger partial charge in [-0.15, -0.1) is 0 Å². The number of carbonyl (C=O) groups is 1. The van der Waals surface area contributed by atoms with Gasteiger partial charge in [-0.05, 0) is 32.9 Å². The zero-order valence-electron chi connectivity index (χ0n) is 10.9. The highest BCUT2D eigenvalue weighted by atomic mass is 16.5. The van der Waals surface area contributed by atoms with Gasteiger partial charge in [-0.1, -0.05) is 18.2 Å². The maximum absolute atomic E-state index is 11.8. The summed E-state index contributed by atoms with van der Waals surface area (Å²) in [6.07, 6.45) is 1.17. The Morgan fingerprint density at radius 1 is 1.39 bits per heavy atom. The molecule has 0 spiro atoms. The van der Waals surface area contributed by atoms with Crippen LogP contribution in [0.4, 0.5) is 5.69 Å². The highest BCUT2D eigenvalue weighted by Crippen LogP contribution is 2.29. The van der Waals surface area contributed by atoms with Crippen LogP contribution in [0.5, 0.6) is 0 Å². The van der Waals surface area contributed by atoms with Gasteiger partial charge in [0.2, 0.25) is 5.91 Å². The summed E-state index contributed by atoms with van der Waals surface area (Å²) in [5.41, 5.74) is 1.95. The van der Waals surface area contributed by atoms with Crippen LogP contribution in [-0.4, -0.2) is 25.2 Å². The Bertz CT molecular complexity index is 418. The Labute approximate surface area is 108 Å². The van der Waals surface area contributed by atoms with Gasteiger partial charge in [0.15, 0.2) is 0 Å². The van der Waals surface area contributed by atoms with Crippen molar-refractivity contribution >= 4 is 11.6 Å². The molecule has 1 amide bonds. The van der Waals surface area contributed by atoms with Crippen molar-refractivity contribution in [2.45, 2.75) is 32.4 Å². The van der Waals surface area contributed by atoms with Crippen molar-refractivity contribution < 1.29 is 9.53 Å². The number of hydrogen-bond donors (Lipinski definition) is 2. The lowest BCUT2D eigenvalue weighted by Crippen LogP contribution is -2.29. The van der Waals surface area contributed by atoms with Crippen molar-refractivity contribution in [3.8, 4) is 0 Å². The molecule has 1 aromatic carbocycles. The molecule has 1 atom stereocenters. The number of fused-ring (bicyclic) bond motifs is 1. The molecule has 0 aromatic heterocycles. The number of ether oxygens (including phenoxy) is 1. The van der Waals surface area contributed by atoms with Crippen LogP contribution in [0.2, 0.25) is 0 Å². The van der Waals surface area contributed by atoms with Crippen LogP contribution >= 0.6 is 0 Å². The van der Waals surface area contributed by atoms with Crippen molar-refractivity contribution in [1.29, 1.82) is 0 Å². The summed E-state index contributed by atoms with van der Waals surface area (Å²) >= 11 is 0. The summed E-state index contributed by atoms with van der Waals surface area (Å²) in [4.78, 5) is 11.8. The maximum atomic E-state index is 11.8. The predicted octanol–water partition coefficient (Wildman–Crippen LogP) is 2.08. The topological polar surface area (TPSA) is 50.4 Å². The van der Waals surface area contributed by atoms with E-state index in [1.807, 2.05) is 38.1 Å². The summed E-state index contributed by atoms with van der Waals surface area (Å²) in [6.45, 7) is 5.54. The van der Waals surface area contributed by atoms with Crippen LogP contribution in [0.1, 0.15) is 31.9 Å². The zero-order valence-corrected chi connectivity index (χ0v) is 10.9. The van der Waals surface area contributed by atoms with E-state index in [1.54, 1.807) is 0 Å². The van der Waals surface area contributed by atoms with Gasteiger partial charge < -0.3 is 15.4 Å². The van der Waals surface area contributed by atoms with Crippen molar-refractivity contribution in [2.75, 3.05) is 18.5 Å². The molecule has 1 aliphatic rings. The van der Waals surface area contributed by atoms with Crippen molar-refractivity contribution in [3.05, 3.63) is 29.8 Å². The van der Waals surface area contributed by atoms with E-state index in [1.165, 1.54) is 0 Å². The molecule has 18 heavy (non-hydrogen) atoms. The van der Waals surface area contributed by atoms with Crippen LogP contribution in [0, 0.1) is 0 Å². The van der Waals surface area contributed by atoms with Gasteiger partial charge in [-0.25, -0.2) is 0 Å². The third kappa shape index (κ3) is 3.09. The fourth-order valence-corrected chi connectivity index (χ4v) is 2.05. The molecule has 98 valence electrons. The number of benzene rings is 1. The van der Waals surface area contributed by atoms with Crippen LogP contribution in [-0.2, 0) is 9.53 Å². The second kappa shape index (κ2) is 5.98. The van der Waals surface area contributed by atoms with Crippen molar-refractivity contribution in [2.24, 2.45) is 0 Å². The molecule has 0 saturated heterocycles. The van der Waals surface area contributed by atoms with E-state index < -0.39 is 0 Å². The molecule has 4 nitrogen and oxygen atoms in total. The molecule has 0 radical (unpaired) electrons. The zero-order chi connectivity index (χ0) is 13.0. The average Bonchev–Trinajstić information content (AvgIpc) is 2.65. The first-order valence-corrected chi connectivity index (χ1v) is 6.43. The number of rotatable bonds is 6. The van der Waals surface area contributed by atoms with Crippen LogP contribution in [0.15, 0.2) is 24.3 Å². The summed E-state index contributed by atoms with van der Waals surface area (Å²) in [5, 5.41) is 6.14. The number of amides is 1. The fraction of sp³-hybridized carbons (Fsp3) is 0.500. The Balaban J connectivity index is 1.81. The Kier molecular flexibility index (Phi) is 4.33. The molecule has 0 aliphatic carbocycles. The van der Waals surface area contributed by atoms with E-state index in [2.05, 4.69) is 10.6 Å². The quantitative estimate of drug-likeness (QED) is 0.758. The first-order valence-electron chi connectivity index (χ1n) is 6.43. The van der Waals surface area contributed by atoms with Crippen molar-refractivity contribution in [1.82, 2.24) is 5.32 Å². The van der Waals surface area contributed by atoms with E-state index in [0.29, 0.717) is 0 Å². The summed E-state index contributed by atoms with van der Waals surface area (Å²) in [5.74, 6) is 0.0287. The van der Waals surface area contributed by atoms with Gasteiger partial charge in [-0.3, -0.25) is 4.79 Å². The maximum Gasteiger partial charge on any atom is 0.246 e. The first kappa shape index (κ1) is 13.1. The minimum absolute atomic E-state index is 0.0287. The lowest BCUT2D eigenvalue weighted by molar-refractivity contribution is -0.117. The highest BCUT2D eigenvalue weighted by Gasteiger charge is 2.29. The number of hydrogen-bond acceptors (Lipinski definition) is 3. The molecule has 1 unspecified atom stereocenters. The SMILES string of the molecule is CC(C)OCCCNC1C(=O)Nc2ccccc21. The van der Waals surface area contributed by atoms with E-state index >= 15 is 0 Å². The second-order valence-electron chi connectivity index (χ2n) is 4.74. The smallest absolute Gasteiger partial charge is 0.246 e. The molecular formula is C14H20N2O2. The Morgan fingerprint density at radius 2 is 2.17 bits per heavy atom. The Morgan fingerprint density at radius 3 is 2.94 bits per heavy atom. The summed E-state index contributed by atoms with van der Waals surface area (Å²) in [7, 11) is 0. The Hall–Kier alpha value is -1.39. The van der Waals surface area contributed by atoms with Gasteiger partial charge in [0.1, 0.15) is 6.04 Å². The molecule has 4 heteroatoms.